The van der Waals surface area contributed by atoms with Crippen LogP contribution in [0.4, 0.5) is 5.82 Å². The molecule has 0 atom stereocenters. The van der Waals surface area contributed by atoms with Gasteiger partial charge in [0.25, 0.3) is 0 Å². The third kappa shape index (κ3) is 3.05. The van der Waals surface area contributed by atoms with Gasteiger partial charge in [-0.15, -0.1) is 0 Å². The van der Waals surface area contributed by atoms with Crippen molar-refractivity contribution in [2.45, 2.75) is 38.9 Å². The summed E-state index contributed by atoms with van der Waals surface area (Å²) >= 11 is 0. The van der Waals surface area contributed by atoms with Crippen LogP contribution >= 0.6 is 0 Å². The number of benzene rings is 1. The number of phenolic OH excluding ortho intramolecular Hbond substituents is 1. The van der Waals surface area contributed by atoms with Gasteiger partial charge in [0.1, 0.15) is 5.82 Å². The molecule has 0 aliphatic carbocycles. The standard InChI is InChI=1S/C18H23BN2O4/c1-17(2)18(3,4)25-19(24-17)13-8-12(10-21-16(13)20)11-6-7-14(22)15(9-11)23-5/h6-10,22H,1-5H3,(H2,20,21). The number of nitrogens with two attached hydrogens (primary N) is 1. The van der Waals surface area contributed by atoms with Crippen LogP contribution in [0.1, 0.15) is 27.7 Å². The molecule has 1 aliphatic heterocycles. The molecule has 0 amide bonds. The molecule has 6 nitrogen and oxygen atoms in total. The van der Waals surface area contributed by atoms with Crippen LogP contribution in [0.5, 0.6) is 11.5 Å². The lowest BCUT2D eigenvalue weighted by Crippen LogP contribution is -2.41. The Morgan fingerprint density at radius 2 is 1.72 bits per heavy atom. The molecule has 1 aromatic heterocycles. The number of methoxy groups -OCH3 is 1. The Labute approximate surface area is 148 Å². The summed E-state index contributed by atoms with van der Waals surface area (Å²) in [6.45, 7) is 7.97. The highest BCUT2D eigenvalue weighted by Crippen LogP contribution is 2.37. The van der Waals surface area contributed by atoms with Crippen molar-refractivity contribution in [2.75, 3.05) is 12.8 Å². The SMILES string of the molecule is COc1cc(-c2cnc(N)c(B3OC(C)(C)C(C)(C)O3)c2)ccc1O. The van der Waals surface area contributed by atoms with Crippen LogP contribution in [-0.4, -0.2) is 35.5 Å². The predicted molar refractivity (Wildman–Crippen MR) is 98.0 cm³/mol. The third-order valence-corrected chi connectivity index (χ3v) is 4.97. The average Bonchev–Trinajstić information content (AvgIpc) is 2.76. The molecule has 132 valence electrons. The average molecular weight is 342 g/mol. The van der Waals surface area contributed by atoms with Crippen molar-refractivity contribution in [3.8, 4) is 22.6 Å². The Hall–Kier alpha value is -2.25. The summed E-state index contributed by atoms with van der Waals surface area (Å²) in [6.07, 6.45) is 1.68. The summed E-state index contributed by atoms with van der Waals surface area (Å²) in [7, 11) is 0.923. The molecule has 0 bridgehead atoms. The van der Waals surface area contributed by atoms with Crippen molar-refractivity contribution in [1.82, 2.24) is 4.98 Å². The molecule has 1 fully saturated rings. The third-order valence-electron chi connectivity index (χ3n) is 4.97. The van der Waals surface area contributed by atoms with Crippen LogP contribution in [-0.2, 0) is 9.31 Å². The molecule has 0 radical (unpaired) electrons. The van der Waals surface area contributed by atoms with Gasteiger partial charge < -0.3 is 24.9 Å². The quantitative estimate of drug-likeness (QED) is 0.833. The van der Waals surface area contributed by atoms with Gasteiger partial charge in [-0.3, -0.25) is 0 Å². The highest BCUT2D eigenvalue weighted by Gasteiger charge is 2.52. The lowest BCUT2D eigenvalue weighted by molar-refractivity contribution is 0.00578. The number of aromatic hydroxyl groups is 1. The summed E-state index contributed by atoms with van der Waals surface area (Å²) < 4.78 is 17.3. The molecule has 1 aliphatic rings. The first-order valence-electron chi connectivity index (χ1n) is 8.13. The highest BCUT2D eigenvalue weighted by atomic mass is 16.7. The van der Waals surface area contributed by atoms with Gasteiger partial charge in [-0.1, -0.05) is 6.07 Å². The number of hydrogen-bond acceptors (Lipinski definition) is 6. The maximum Gasteiger partial charge on any atom is 0.498 e. The minimum atomic E-state index is -0.587. The summed E-state index contributed by atoms with van der Waals surface area (Å²) in [5, 5.41) is 9.77. The van der Waals surface area contributed by atoms with Crippen LogP contribution in [0.2, 0.25) is 0 Å². The van der Waals surface area contributed by atoms with E-state index in [1.807, 2.05) is 33.8 Å². The monoisotopic (exact) mass is 342 g/mol. The van der Waals surface area contributed by atoms with E-state index in [4.69, 9.17) is 19.8 Å². The number of rotatable bonds is 3. The lowest BCUT2D eigenvalue weighted by Gasteiger charge is -2.32. The molecule has 0 spiro atoms. The number of pyridine rings is 1. The van der Waals surface area contributed by atoms with Crippen LogP contribution < -0.4 is 15.9 Å². The van der Waals surface area contributed by atoms with Crippen molar-refractivity contribution in [3.63, 3.8) is 0 Å². The largest absolute Gasteiger partial charge is 0.504 e. The van der Waals surface area contributed by atoms with E-state index in [-0.39, 0.29) is 5.75 Å². The van der Waals surface area contributed by atoms with E-state index in [0.717, 1.165) is 11.1 Å². The Balaban J connectivity index is 2.00. The van der Waals surface area contributed by atoms with E-state index in [2.05, 4.69) is 4.98 Å². The molecular formula is C18H23BN2O4. The van der Waals surface area contributed by atoms with E-state index < -0.39 is 18.3 Å². The molecule has 3 rings (SSSR count). The number of anilines is 1. The zero-order valence-electron chi connectivity index (χ0n) is 15.2. The van der Waals surface area contributed by atoms with Crippen molar-refractivity contribution >= 4 is 18.4 Å². The minimum absolute atomic E-state index is 0.0841. The second-order valence-electron chi connectivity index (χ2n) is 7.17. The number of nitrogen functional groups attached to an aromatic ring is 1. The van der Waals surface area contributed by atoms with E-state index in [1.54, 1.807) is 24.4 Å². The molecule has 7 heteroatoms. The first kappa shape index (κ1) is 17.6. The lowest BCUT2D eigenvalue weighted by atomic mass is 9.78. The van der Waals surface area contributed by atoms with Gasteiger partial charge >= 0.3 is 7.12 Å². The Bertz CT molecular complexity index is 792. The summed E-state index contributed by atoms with van der Waals surface area (Å²) in [6, 6.07) is 7.02. The van der Waals surface area contributed by atoms with Gasteiger partial charge in [0.15, 0.2) is 11.5 Å². The second-order valence-corrected chi connectivity index (χ2v) is 7.17. The zero-order valence-corrected chi connectivity index (χ0v) is 15.2. The number of phenols is 1. The van der Waals surface area contributed by atoms with E-state index >= 15 is 0 Å². The topological polar surface area (TPSA) is 86.8 Å². The number of hydrogen-bond donors (Lipinski definition) is 2. The Morgan fingerprint density at radius 1 is 1.08 bits per heavy atom. The molecule has 1 aromatic carbocycles. The molecule has 2 aromatic rings. The summed E-state index contributed by atoms with van der Waals surface area (Å²) in [5.74, 6) is 0.848. The van der Waals surface area contributed by atoms with Gasteiger partial charge in [-0.25, -0.2) is 4.98 Å². The molecule has 0 unspecified atom stereocenters. The number of aromatic nitrogens is 1. The molecule has 1 saturated heterocycles. The fourth-order valence-corrected chi connectivity index (χ4v) is 2.67. The van der Waals surface area contributed by atoms with E-state index in [9.17, 15) is 5.11 Å². The van der Waals surface area contributed by atoms with Gasteiger partial charge in [-0.2, -0.15) is 0 Å². The zero-order chi connectivity index (χ0) is 18.4. The summed E-state index contributed by atoms with van der Waals surface area (Å²) in [5.41, 5.74) is 7.52. The number of nitrogens with zero attached hydrogens (tertiary/aromatic N) is 1. The van der Waals surface area contributed by atoms with Crippen molar-refractivity contribution < 1.29 is 19.2 Å². The van der Waals surface area contributed by atoms with Gasteiger partial charge in [0.05, 0.1) is 18.3 Å². The van der Waals surface area contributed by atoms with Crippen molar-refractivity contribution in [1.29, 1.82) is 0 Å². The minimum Gasteiger partial charge on any atom is -0.504 e. The smallest absolute Gasteiger partial charge is 0.498 e. The normalized spacial score (nSPS) is 18.4. The van der Waals surface area contributed by atoms with E-state index in [0.29, 0.717) is 17.0 Å². The van der Waals surface area contributed by atoms with E-state index in [1.165, 1.54) is 7.11 Å². The van der Waals surface area contributed by atoms with Crippen LogP contribution in [0, 0.1) is 0 Å². The van der Waals surface area contributed by atoms with Crippen molar-refractivity contribution in [2.24, 2.45) is 0 Å². The predicted octanol–water partition coefficient (Wildman–Crippen LogP) is 2.34. The Kier molecular flexibility index (Phi) is 4.17. The fraction of sp³-hybridized carbons (Fsp3) is 0.389. The fourth-order valence-electron chi connectivity index (χ4n) is 2.67. The van der Waals surface area contributed by atoms with Crippen LogP contribution in [0.15, 0.2) is 30.5 Å². The highest BCUT2D eigenvalue weighted by molar-refractivity contribution is 6.63. The second kappa shape index (κ2) is 5.93. The number of ether oxygens (including phenoxy) is 1. The van der Waals surface area contributed by atoms with Crippen LogP contribution in [0.3, 0.4) is 0 Å². The molecule has 0 saturated carbocycles. The Morgan fingerprint density at radius 3 is 2.32 bits per heavy atom. The summed E-state index contributed by atoms with van der Waals surface area (Å²) in [4.78, 5) is 4.29. The van der Waals surface area contributed by atoms with Gasteiger partial charge in [0, 0.05) is 11.7 Å². The first-order valence-corrected chi connectivity index (χ1v) is 8.13. The van der Waals surface area contributed by atoms with Crippen LogP contribution in [0.25, 0.3) is 11.1 Å². The van der Waals surface area contributed by atoms with Gasteiger partial charge in [-0.05, 0) is 57.0 Å². The van der Waals surface area contributed by atoms with Crippen molar-refractivity contribution in [3.05, 3.63) is 30.5 Å². The molecule has 2 heterocycles. The molecule has 25 heavy (non-hydrogen) atoms. The molecule has 3 N–H and O–H groups in total. The maximum absolute atomic E-state index is 9.77. The maximum atomic E-state index is 9.77. The first-order chi connectivity index (χ1) is 11.6. The molecular weight excluding hydrogens is 319 g/mol. The van der Waals surface area contributed by atoms with Gasteiger partial charge in [0.2, 0.25) is 0 Å².